The van der Waals surface area contributed by atoms with Gasteiger partial charge in [-0.1, -0.05) is 30.3 Å². The zero-order chi connectivity index (χ0) is 20.2. The molecule has 1 fully saturated rings. The fourth-order valence-corrected chi connectivity index (χ4v) is 3.96. The highest BCUT2D eigenvalue weighted by atomic mass is 16.2. The van der Waals surface area contributed by atoms with Gasteiger partial charge < -0.3 is 20.9 Å². The van der Waals surface area contributed by atoms with Crippen LogP contribution in [0.4, 0.5) is 5.69 Å². The summed E-state index contributed by atoms with van der Waals surface area (Å²) in [5.41, 5.74) is 9.66. The third-order valence-corrected chi connectivity index (χ3v) is 5.71. The van der Waals surface area contributed by atoms with Crippen molar-refractivity contribution >= 4 is 28.4 Å². The Labute approximate surface area is 170 Å². The van der Waals surface area contributed by atoms with Gasteiger partial charge in [0.25, 0.3) is 0 Å². The number of rotatable bonds is 6. The molecule has 0 spiro atoms. The first-order valence-corrected chi connectivity index (χ1v) is 10.0. The van der Waals surface area contributed by atoms with Gasteiger partial charge in [0.05, 0.1) is 6.42 Å². The van der Waals surface area contributed by atoms with Crippen molar-refractivity contribution in [2.24, 2.45) is 11.7 Å². The highest BCUT2D eigenvalue weighted by molar-refractivity contribution is 5.88. The van der Waals surface area contributed by atoms with Crippen LogP contribution in [0, 0.1) is 5.92 Å². The Hall–Kier alpha value is -3.28. The number of para-hydroxylation sites is 1. The number of nitrogens with zero attached hydrogens (tertiary/aromatic N) is 1. The van der Waals surface area contributed by atoms with Crippen molar-refractivity contribution in [2.45, 2.75) is 25.8 Å². The Morgan fingerprint density at radius 2 is 1.79 bits per heavy atom. The van der Waals surface area contributed by atoms with Gasteiger partial charge in [-0.05, 0) is 42.2 Å². The number of aromatic nitrogens is 1. The summed E-state index contributed by atoms with van der Waals surface area (Å²) in [6, 6.07) is 16.2. The fraction of sp³-hybridized carbons (Fsp3) is 0.304. The molecule has 4 rings (SSSR count). The number of anilines is 1. The summed E-state index contributed by atoms with van der Waals surface area (Å²) in [6.45, 7) is 2.19. The van der Waals surface area contributed by atoms with Crippen LogP contribution in [0.3, 0.4) is 0 Å². The summed E-state index contributed by atoms with van der Waals surface area (Å²) in [4.78, 5) is 29.1. The zero-order valence-electron chi connectivity index (χ0n) is 16.4. The standard InChI is InChI=1S/C23H26N4O2/c24-23(29)17-9-11-27(12-10-17)19-7-5-16(6-8-19)14-26-22(28)13-18-15-25-21-4-2-1-3-20(18)21/h1-8,15,17,25H,9-14H2,(H2,24,29)(H,26,28). The maximum absolute atomic E-state index is 12.4. The molecular weight excluding hydrogens is 364 g/mol. The van der Waals surface area contributed by atoms with Gasteiger partial charge in [0.2, 0.25) is 11.8 Å². The van der Waals surface area contributed by atoms with Crippen molar-refractivity contribution in [1.29, 1.82) is 0 Å². The lowest BCUT2D eigenvalue weighted by Gasteiger charge is -2.32. The molecule has 0 atom stereocenters. The number of nitrogens with one attached hydrogen (secondary N) is 2. The van der Waals surface area contributed by atoms with Crippen LogP contribution in [0.1, 0.15) is 24.0 Å². The van der Waals surface area contributed by atoms with Gasteiger partial charge in [0, 0.05) is 48.3 Å². The maximum atomic E-state index is 12.4. The van der Waals surface area contributed by atoms with E-state index in [4.69, 9.17) is 5.73 Å². The van der Waals surface area contributed by atoms with E-state index in [1.54, 1.807) is 0 Å². The molecule has 0 radical (unpaired) electrons. The average Bonchev–Trinajstić information content (AvgIpc) is 3.15. The number of amides is 2. The molecule has 0 saturated carbocycles. The molecule has 29 heavy (non-hydrogen) atoms. The number of hydrogen-bond donors (Lipinski definition) is 3. The van der Waals surface area contributed by atoms with E-state index < -0.39 is 0 Å². The minimum absolute atomic E-state index is 0.00196. The van der Waals surface area contributed by atoms with Crippen molar-refractivity contribution in [3.05, 3.63) is 65.9 Å². The molecule has 4 N–H and O–H groups in total. The number of nitrogens with two attached hydrogens (primary N) is 1. The van der Waals surface area contributed by atoms with Gasteiger partial charge in [-0.2, -0.15) is 0 Å². The fourth-order valence-electron chi connectivity index (χ4n) is 3.96. The quantitative estimate of drug-likeness (QED) is 0.604. The number of fused-ring (bicyclic) bond motifs is 1. The Morgan fingerprint density at radius 1 is 1.07 bits per heavy atom. The van der Waals surface area contributed by atoms with Crippen LogP contribution in [0.15, 0.2) is 54.7 Å². The number of H-pyrrole nitrogens is 1. The molecule has 2 aromatic carbocycles. The minimum Gasteiger partial charge on any atom is -0.371 e. The maximum Gasteiger partial charge on any atom is 0.224 e. The third-order valence-electron chi connectivity index (χ3n) is 5.71. The van der Waals surface area contributed by atoms with E-state index in [2.05, 4.69) is 27.3 Å². The summed E-state index contributed by atoms with van der Waals surface area (Å²) < 4.78 is 0. The van der Waals surface area contributed by atoms with Crippen molar-refractivity contribution in [3.8, 4) is 0 Å². The van der Waals surface area contributed by atoms with Gasteiger partial charge in [0.1, 0.15) is 0 Å². The summed E-state index contributed by atoms with van der Waals surface area (Å²) in [6.07, 6.45) is 3.87. The molecule has 1 aliphatic heterocycles. The largest absolute Gasteiger partial charge is 0.371 e. The lowest BCUT2D eigenvalue weighted by Crippen LogP contribution is -2.38. The molecule has 1 aliphatic rings. The first kappa shape index (κ1) is 19.1. The van der Waals surface area contributed by atoms with Gasteiger partial charge >= 0.3 is 0 Å². The molecule has 2 amide bonds. The van der Waals surface area contributed by atoms with Gasteiger partial charge in [-0.3, -0.25) is 9.59 Å². The second-order valence-electron chi connectivity index (χ2n) is 7.64. The normalized spacial score (nSPS) is 14.8. The summed E-state index contributed by atoms with van der Waals surface area (Å²) in [5, 5.41) is 4.09. The first-order chi connectivity index (χ1) is 14.1. The Morgan fingerprint density at radius 3 is 2.52 bits per heavy atom. The summed E-state index contributed by atoms with van der Waals surface area (Å²) in [5.74, 6) is -0.186. The SMILES string of the molecule is NC(=O)C1CCN(c2ccc(CNC(=O)Cc3c[nH]c4ccccc34)cc2)CC1. The Bertz CT molecular complexity index is 1000. The van der Waals surface area contributed by atoms with E-state index in [9.17, 15) is 9.59 Å². The van der Waals surface area contributed by atoms with Gasteiger partial charge in [0.15, 0.2) is 0 Å². The van der Waals surface area contributed by atoms with Crippen LogP contribution in [-0.4, -0.2) is 29.9 Å². The molecule has 0 aliphatic carbocycles. The zero-order valence-corrected chi connectivity index (χ0v) is 16.4. The second-order valence-corrected chi connectivity index (χ2v) is 7.64. The molecule has 1 aromatic heterocycles. The predicted octanol–water partition coefficient (Wildman–Crippen LogP) is 2.73. The van der Waals surface area contributed by atoms with Crippen LogP contribution < -0.4 is 16.0 Å². The van der Waals surface area contributed by atoms with E-state index in [-0.39, 0.29) is 17.7 Å². The van der Waals surface area contributed by atoms with Crippen molar-refractivity contribution in [2.75, 3.05) is 18.0 Å². The molecule has 0 unspecified atom stereocenters. The van der Waals surface area contributed by atoms with Crippen molar-refractivity contribution in [3.63, 3.8) is 0 Å². The van der Waals surface area contributed by atoms with Gasteiger partial charge in [-0.25, -0.2) is 0 Å². The molecular formula is C23H26N4O2. The number of aromatic amines is 1. The van der Waals surface area contributed by atoms with Crippen LogP contribution in [0.2, 0.25) is 0 Å². The molecule has 6 nitrogen and oxygen atoms in total. The molecule has 6 heteroatoms. The monoisotopic (exact) mass is 390 g/mol. The van der Waals surface area contributed by atoms with E-state index in [0.29, 0.717) is 13.0 Å². The van der Waals surface area contributed by atoms with E-state index in [1.165, 1.54) is 0 Å². The number of primary amides is 1. The van der Waals surface area contributed by atoms with E-state index in [0.717, 1.165) is 53.6 Å². The summed E-state index contributed by atoms with van der Waals surface area (Å²) >= 11 is 0. The molecule has 1 saturated heterocycles. The molecule has 3 aromatic rings. The molecule has 150 valence electrons. The number of carbonyl (C=O) groups excluding carboxylic acids is 2. The number of carbonyl (C=O) groups is 2. The van der Waals surface area contributed by atoms with Crippen molar-refractivity contribution < 1.29 is 9.59 Å². The minimum atomic E-state index is -0.191. The summed E-state index contributed by atoms with van der Waals surface area (Å²) in [7, 11) is 0. The van der Waals surface area contributed by atoms with Crippen LogP contribution in [0.25, 0.3) is 10.9 Å². The van der Waals surface area contributed by atoms with Crippen molar-refractivity contribution in [1.82, 2.24) is 10.3 Å². The van der Waals surface area contributed by atoms with Gasteiger partial charge in [-0.15, -0.1) is 0 Å². The highest BCUT2D eigenvalue weighted by Crippen LogP contribution is 2.23. The predicted molar refractivity (Wildman–Crippen MR) is 114 cm³/mol. The second kappa shape index (κ2) is 8.39. The third kappa shape index (κ3) is 4.42. The van der Waals surface area contributed by atoms with Crippen LogP contribution in [-0.2, 0) is 22.6 Å². The van der Waals surface area contributed by atoms with Crippen LogP contribution >= 0.6 is 0 Å². The lowest BCUT2D eigenvalue weighted by molar-refractivity contribution is -0.122. The van der Waals surface area contributed by atoms with Crippen LogP contribution in [0.5, 0.6) is 0 Å². The lowest BCUT2D eigenvalue weighted by atomic mass is 9.96. The number of piperidine rings is 1. The topological polar surface area (TPSA) is 91.2 Å². The average molecular weight is 390 g/mol. The Kier molecular flexibility index (Phi) is 5.51. The Balaban J connectivity index is 1.29. The molecule has 0 bridgehead atoms. The number of benzene rings is 2. The highest BCUT2D eigenvalue weighted by Gasteiger charge is 2.23. The van der Waals surface area contributed by atoms with E-state index in [1.807, 2.05) is 42.6 Å². The smallest absolute Gasteiger partial charge is 0.224 e. The number of hydrogen-bond acceptors (Lipinski definition) is 3. The van der Waals surface area contributed by atoms with E-state index >= 15 is 0 Å². The molecule has 2 heterocycles. The first-order valence-electron chi connectivity index (χ1n) is 10.0.